The van der Waals surface area contributed by atoms with E-state index >= 15 is 0 Å². The average molecular weight is 532 g/mol. The molecule has 5 rings (SSSR count). The number of aliphatic hydroxyl groups excluding tert-OH is 1. The maximum atomic E-state index is 12.8. The molecule has 0 saturated carbocycles. The second kappa shape index (κ2) is 9.00. The lowest BCUT2D eigenvalue weighted by Crippen LogP contribution is -2.74. The second-order valence-electron chi connectivity index (χ2n) is 10.3. The maximum Gasteiger partial charge on any atom is 0.345 e. The summed E-state index contributed by atoms with van der Waals surface area (Å²) in [5.74, 6) is -4.07. The number of carboxylic acids is 2. The number of phenolic OH excluding ortho intramolecular Hbond substituents is 1. The summed E-state index contributed by atoms with van der Waals surface area (Å²) < 4.78 is 16.8. The molecule has 0 amide bonds. The van der Waals surface area contributed by atoms with Crippen LogP contribution in [0.25, 0.3) is 0 Å². The number of benzene rings is 1. The Morgan fingerprint density at radius 1 is 1.26 bits per heavy atom. The number of carbonyl (C=O) groups excluding carboxylic acids is 1. The number of ether oxygens (including phenoxy) is 3. The molecule has 0 unspecified atom stereocenters. The summed E-state index contributed by atoms with van der Waals surface area (Å²) in [7, 11) is 1.95. The van der Waals surface area contributed by atoms with E-state index in [1.807, 2.05) is 13.1 Å². The zero-order valence-corrected chi connectivity index (χ0v) is 20.6. The van der Waals surface area contributed by atoms with Crippen molar-refractivity contribution in [3.63, 3.8) is 0 Å². The van der Waals surface area contributed by atoms with Crippen molar-refractivity contribution in [3.8, 4) is 11.5 Å². The molecule has 38 heavy (non-hydrogen) atoms. The summed E-state index contributed by atoms with van der Waals surface area (Å²) in [6.07, 6.45) is -3.08. The molecule has 204 valence electrons. The molecule has 0 radical (unpaired) electrons. The second-order valence-corrected chi connectivity index (χ2v) is 10.3. The van der Waals surface area contributed by atoms with Crippen LogP contribution in [0, 0.1) is 0 Å². The predicted octanol–water partition coefficient (Wildman–Crippen LogP) is 0.422. The monoisotopic (exact) mass is 531 g/mol. The van der Waals surface area contributed by atoms with Gasteiger partial charge >= 0.3 is 17.9 Å². The van der Waals surface area contributed by atoms with Crippen molar-refractivity contribution in [2.24, 2.45) is 0 Å². The van der Waals surface area contributed by atoms with Gasteiger partial charge in [-0.3, -0.25) is 4.79 Å². The minimum absolute atomic E-state index is 0.0826. The predicted molar refractivity (Wildman–Crippen MR) is 127 cm³/mol. The van der Waals surface area contributed by atoms with Gasteiger partial charge in [0.1, 0.15) is 5.76 Å². The molecule has 12 nitrogen and oxygen atoms in total. The number of nitrogens with zero attached hydrogens (tertiary/aromatic N) is 1. The molecule has 1 fully saturated rings. The summed E-state index contributed by atoms with van der Waals surface area (Å²) in [6.45, 7) is 4.12. The van der Waals surface area contributed by atoms with E-state index in [-0.39, 0.29) is 35.5 Å². The van der Waals surface area contributed by atoms with Crippen LogP contribution in [0.15, 0.2) is 36.3 Å². The number of hydrogen-bond acceptors (Lipinski definition) is 10. The molecule has 2 bridgehead atoms. The van der Waals surface area contributed by atoms with E-state index in [9.17, 15) is 29.7 Å². The highest BCUT2D eigenvalue weighted by atomic mass is 16.6. The van der Waals surface area contributed by atoms with E-state index in [0.717, 1.165) is 11.1 Å². The third-order valence-corrected chi connectivity index (χ3v) is 8.21. The van der Waals surface area contributed by atoms with Crippen molar-refractivity contribution in [1.82, 2.24) is 4.90 Å². The van der Waals surface area contributed by atoms with Crippen LogP contribution in [0.5, 0.6) is 11.5 Å². The lowest BCUT2D eigenvalue weighted by Gasteiger charge is -2.61. The van der Waals surface area contributed by atoms with E-state index in [0.29, 0.717) is 19.4 Å². The number of likely N-dealkylation sites (tertiary alicyclic amines) is 1. The van der Waals surface area contributed by atoms with Gasteiger partial charge in [0.2, 0.25) is 6.10 Å². The van der Waals surface area contributed by atoms with Gasteiger partial charge in [-0.05, 0) is 44.1 Å². The average Bonchev–Trinajstić information content (AvgIpc) is 3.20. The van der Waals surface area contributed by atoms with Gasteiger partial charge in [-0.2, -0.15) is 0 Å². The number of phenols is 1. The minimum atomic E-state index is -1.80. The number of aromatic hydroxyl groups is 1. The van der Waals surface area contributed by atoms with E-state index in [4.69, 9.17) is 24.4 Å². The summed E-state index contributed by atoms with van der Waals surface area (Å²) in [5.41, 5.74) is -0.559. The molecular weight excluding hydrogens is 502 g/mol. The lowest BCUT2D eigenvalue weighted by atomic mass is 9.50. The highest BCUT2D eigenvalue weighted by molar-refractivity contribution is 5.80. The molecule has 1 saturated heterocycles. The summed E-state index contributed by atoms with van der Waals surface area (Å²) >= 11 is 0. The Balaban J connectivity index is 1.37. The van der Waals surface area contributed by atoms with Crippen LogP contribution < -0.4 is 4.74 Å². The summed E-state index contributed by atoms with van der Waals surface area (Å²) in [4.78, 5) is 37.0. The quantitative estimate of drug-likeness (QED) is 0.219. The summed E-state index contributed by atoms with van der Waals surface area (Å²) in [5, 5.41) is 51.1. The molecule has 1 spiro atoms. The molecule has 12 heteroatoms. The van der Waals surface area contributed by atoms with Gasteiger partial charge in [-0.15, -0.1) is 0 Å². The third kappa shape index (κ3) is 3.74. The van der Waals surface area contributed by atoms with Gasteiger partial charge in [0.05, 0.1) is 23.2 Å². The maximum absolute atomic E-state index is 12.8. The van der Waals surface area contributed by atoms with Crippen LogP contribution in [-0.4, -0.2) is 91.9 Å². The Bertz CT molecular complexity index is 1260. The number of likely N-dealkylation sites (N-methyl/N-ethyl adjacent to an activating group) is 1. The number of aliphatic carboxylic acids is 2. The number of carboxylic acid groups (broad SMARTS) is 2. The van der Waals surface area contributed by atoms with Crippen LogP contribution in [0.1, 0.15) is 36.8 Å². The highest BCUT2D eigenvalue weighted by Gasteiger charge is 2.72. The number of aliphatic hydroxyl groups is 2. The van der Waals surface area contributed by atoms with Crippen molar-refractivity contribution >= 4 is 17.9 Å². The fraction of sp³-hybridized carbons (Fsp3) is 0.500. The van der Waals surface area contributed by atoms with E-state index in [2.05, 4.69) is 11.5 Å². The molecule has 2 aliphatic carbocycles. The molecule has 5 N–H and O–H groups in total. The van der Waals surface area contributed by atoms with Gasteiger partial charge in [0, 0.05) is 24.4 Å². The number of carbonyl (C=O) groups is 3. The Labute approximate surface area is 217 Å². The molecule has 1 aromatic carbocycles. The van der Waals surface area contributed by atoms with Gasteiger partial charge in [-0.25, -0.2) is 9.59 Å². The summed E-state index contributed by atoms with van der Waals surface area (Å²) in [6, 6.07) is 3.14. The van der Waals surface area contributed by atoms with Gasteiger partial charge in [-0.1, -0.05) is 12.6 Å². The first-order chi connectivity index (χ1) is 17.9. The highest BCUT2D eigenvalue weighted by Crippen LogP contribution is 2.65. The van der Waals surface area contributed by atoms with Crippen LogP contribution in [-0.2, 0) is 35.7 Å². The van der Waals surface area contributed by atoms with Crippen molar-refractivity contribution in [3.05, 3.63) is 47.4 Å². The van der Waals surface area contributed by atoms with Crippen molar-refractivity contribution in [2.45, 2.75) is 67.5 Å². The first-order valence-electron chi connectivity index (χ1n) is 12.2. The third-order valence-electron chi connectivity index (χ3n) is 8.21. The van der Waals surface area contributed by atoms with Crippen molar-refractivity contribution < 1.29 is 54.1 Å². The smallest absolute Gasteiger partial charge is 0.345 e. The first-order valence-corrected chi connectivity index (χ1v) is 12.2. The topological polar surface area (TPSA) is 183 Å². The van der Waals surface area contributed by atoms with E-state index in [1.165, 1.54) is 0 Å². The number of esters is 1. The molecule has 6 atom stereocenters. The van der Waals surface area contributed by atoms with Crippen LogP contribution in [0.4, 0.5) is 0 Å². The van der Waals surface area contributed by atoms with Gasteiger partial charge in [0.15, 0.2) is 23.7 Å². The zero-order valence-electron chi connectivity index (χ0n) is 20.6. The number of piperidine rings is 1. The molecule has 2 heterocycles. The van der Waals surface area contributed by atoms with Gasteiger partial charge in [0.25, 0.3) is 0 Å². The van der Waals surface area contributed by atoms with Crippen LogP contribution >= 0.6 is 0 Å². The van der Waals surface area contributed by atoms with E-state index < -0.39 is 60.1 Å². The van der Waals surface area contributed by atoms with Gasteiger partial charge < -0.3 is 44.6 Å². The molecular formula is C26H29NO11. The SMILES string of the molecule is C=C(C[C@H](O)C(=O)OC1=CC[C@@]2(O)[C@H]3Cc4ccc(O)c5c4[C@@]2(CCN3C)[C@H]1O5)O[C@@H](CC(=O)O)C(=O)O. The lowest BCUT2D eigenvalue weighted by molar-refractivity contribution is -0.172. The Morgan fingerprint density at radius 2 is 2.00 bits per heavy atom. The molecule has 0 aromatic heterocycles. The zero-order chi connectivity index (χ0) is 27.6. The first kappa shape index (κ1) is 26.0. The minimum Gasteiger partial charge on any atom is -0.504 e. The van der Waals surface area contributed by atoms with E-state index in [1.54, 1.807) is 12.1 Å². The Morgan fingerprint density at radius 3 is 2.68 bits per heavy atom. The van der Waals surface area contributed by atoms with Crippen molar-refractivity contribution in [1.29, 1.82) is 0 Å². The molecule has 1 aromatic rings. The molecule has 2 aliphatic heterocycles. The fourth-order valence-corrected chi connectivity index (χ4v) is 6.51. The Kier molecular flexibility index (Phi) is 6.16. The number of rotatable bonds is 9. The van der Waals surface area contributed by atoms with Crippen molar-refractivity contribution in [2.75, 3.05) is 13.6 Å². The largest absolute Gasteiger partial charge is 0.504 e. The normalized spacial score (nSPS) is 30.2. The van der Waals surface area contributed by atoms with Crippen LogP contribution in [0.2, 0.25) is 0 Å². The number of hydrogen-bond donors (Lipinski definition) is 5. The fourth-order valence-electron chi connectivity index (χ4n) is 6.51. The standard InChI is InChI=1S/C26H29NO11/c1-12(36-17(23(32)33)11-19(30)31)9-15(29)24(34)37-16-5-6-26(35)18-10-13-3-4-14(28)21-20(13)25(26,22(16)38-21)7-8-27(18)2/h3-5,15,17-18,22,28-29,35H,1,6-11H2,2H3,(H,30,31)(H,32,33)/t15-,17-,18+,22-,25-,26+/m0/s1. The molecule has 4 aliphatic rings. The van der Waals surface area contributed by atoms with Crippen LogP contribution in [0.3, 0.4) is 0 Å². The Hall–Kier alpha value is -3.61.